The molecule has 1 aliphatic heterocycles. The smallest absolute Gasteiger partial charge is 0.355 e. The van der Waals surface area contributed by atoms with E-state index in [1.807, 2.05) is 0 Å². The van der Waals surface area contributed by atoms with E-state index in [0.717, 1.165) is 37.4 Å². The molecule has 104 valence electrons. The SMILES string of the molecule is O=C(O)c1csc(N2CCN(C3CCCC3)CC2)n1. The molecule has 5 nitrogen and oxygen atoms in total. The van der Waals surface area contributed by atoms with Gasteiger partial charge in [0.15, 0.2) is 10.8 Å². The summed E-state index contributed by atoms with van der Waals surface area (Å²) in [6.45, 7) is 4.07. The van der Waals surface area contributed by atoms with Gasteiger partial charge in [-0.25, -0.2) is 9.78 Å². The van der Waals surface area contributed by atoms with Gasteiger partial charge in [-0.05, 0) is 12.8 Å². The second-order valence-electron chi connectivity index (χ2n) is 5.28. The maximum Gasteiger partial charge on any atom is 0.355 e. The Labute approximate surface area is 116 Å². The van der Waals surface area contributed by atoms with Crippen LogP contribution in [0.4, 0.5) is 5.13 Å². The molecular weight excluding hydrogens is 262 g/mol. The van der Waals surface area contributed by atoms with Crippen molar-refractivity contribution >= 4 is 22.4 Å². The Morgan fingerprint density at radius 1 is 1.26 bits per heavy atom. The molecular formula is C13H19N3O2S. The first kappa shape index (κ1) is 12.9. The Hall–Kier alpha value is -1.14. The van der Waals surface area contributed by atoms with Gasteiger partial charge in [0.2, 0.25) is 0 Å². The number of anilines is 1. The summed E-state index contributed by atoms with van der Waals surface area (Å²) in [6, 6.07) is 0.785. The van der Waals surface area contributed by atoms with Gasteiger partial charge < -0.3 is 10.0 Å². The van der Waals surface area contributed by atoms with Crippen LogP contribution in [0.1, 0.15) is 36.2 Å². The first-order valence-corrected chi connectivity index (χ1v) is 7.80. The van der Waals surface area contributed by atoms with E-state index in [1.54, 1.807) is 5.38 Å². The molecule has 1 aromatic rings. The van der Waals surface area contributed by atoms with Gasteiger partial charge in [0.25, 0.3) is 0 Å². The lowest BCUT2D eigenvalue weighted by Gasteiger charge is -2.37. The molecule has 3 rings (SSSR count). The number of hydrogen-bond acceptors (Lipinski definition) is 5. The van der Waals surface area contributed by atoms with Crippen LogP contribution in [0.5, 0.6) is 0 Å². The van der Waals surface area contributed by atoms with E-state index in [9.17, 15) is 4.79 Å². The Morgan fingerprint density at radius 2 is 1.95 bits per heavy atom. The van der Waals surface area contributed by atoms with Crippen LogP contribution in [0.3, 0.4) is 0 Å². The molecule has 0 aromatic carbocycles. The Balaban J connectivity index is 1.58. The van der Waals surface area contributed by atoms with Crippen LogP contribution in [0.15, 0.2) is 5.38 Å². The third-order valence-electron chi connectivity index (χ3n) is 4.14. The third kappa shape index (κ3) is 2.74. The number of carboxylic acid groups (broad SMARTS) is 1. The first-order chi connectivity index (χ1) is 9.24. The van der Waals surface area contributed by atoms with E-state index in [0.29, 0.717) is 0 Å². The normalized spacial score (nSPS) is 22.0. The molecule has 0 atom stereocenters. The van der Waals surface area contributed by atoms with Gasteiger partial charge in [-0.3, -0.25) is 4.90 Å². The minimum absolute atomic E-state index is 0.165. The van der Waals surface area contributed by atoms with Crippen LogP contribution in [0, 0.1) is 0 Å². The fraction of sp³-hybridized carbons (Fsp3) is 0.692. The topological polar surface area (TPSA) is 56.7 Å². The van der Waals surface area contributed by atoms with Crippen molar-refractivity contribution in [3.63, 3.8) is 0 Å². The number of carbonyl (C=O) groups is 1. The average molecular weight is 281 g/mol. The van der Waals surface area contributed by atoms with Gasteiger partial charge in [0.05, 0.1) is 0 Å². The molecule has 0 spiro atoms. The highest BCUT2D eigenvalue weighted by atomic mass is 32.1. The molecule has 1 saturated heterocycles. The van der Waals surface area contributed by atoms with Crippen LogP contribution in [0.25, 0.3) is 0 Å². The molecule has 0 unspecified atom stereocenters. The van der Waals surface area contributed by atoms with Crippen molar-refractivity contribution in [2.75, 3.05) is 31.1 Å². The lowest BCUT2D eigenvalue weighted by molar-refractivity contribution is 0.0691. The summed E-state index contributed by atoms with van der Waals surface area (Å²) < 4.78 is 0. The summed E-state index contributed by atoms with van der Waals surface area (Å²) in [5, 5.41) is 11.4. The summed E-state index contributed by atoms with van der Waals surface area (Å²) >= 11 is 1.43. The van der Waals surface area contributed by atoms with Crippen LogP contribution in [0.2, 0.25) is 0 Å². The zero-order chi connectivity index (χ0) is 13.2. The van der Waals surface area contributed by atoms with Gasteiger partial charge in [-0.1, -0.05) is 12.8 Å². The zero-order valence-electron chi connectivity index (χ0n) is 10.9. The number of nitrogens with zero attached hydrogens (tertiary/aromatic N) is 3. The van der Waals surface area contributed by atoms with Gasteiger partial charge in [0, 0.05) is 37.6 Å². The quantitative estimate of drug-likeness (QED) is 0.917. The highest BCUT2D eigenvalue weighted by Gasteiger charge is 2.27. The van der Waals surface area contributed by atoms with Crippen molar-refractivity contribution in [3.05, 3.63) is 11.1 Å². The predicted octanol–water partition coefficient (Wildman–Crippen LogP) is 1.91. The zero-order valence-corrected chi connectivity index (χ0v) is 11.7. The number of hydrogen-bond donors (Lipinski definition) is 1. The number of rotatable bonds is 3. The van der Waals surface area contributed by atoms with Crippen molar-refractivity contribution in [2.24, 2.45) is 0 Å². The van der Waals surface area contributed by atoms with Crippen LogP contribution in [-0.2, 0) is 0 Å². The molecule has 0 radical (unpaired) electrons. The maximum atomic E-state index is 10.8. The molecule has 0 bridgehead atoms. The monoisotopic (exact) mass is 281 g/mol. The third-order valence-corrected chi connectivity index (χ3v) is 5.04. The van der Waals surface area contributed by atoms with Crippen molar-refractivity contribution < 1.29 is 9.90 Å². The summed E-state index contributed by atoms with van der Waals surface area (Å²) in [5.41, 5.74) is 0.165. The van der Waals surface area contributed by atoms with Gasteiger partial charge in [-0.2, -0.15) is 0 Å². The molecule has 1 N–H and O–H groups in total. The fourth-order valence-electron chi connectivity index (χ4n) is 3.06. The van der Waals surface area contributed by atoms with Crippen LogP contribution in [-0.4, -0.2) is 53.2 Å². The lowest BCUT2D eigenvalue weighted by atomic mass is 10.2. The van der Waals surface area contributed by atoms with Crippen molar-refractivity contribution in [2.45, 2.75) is 31.7 Å². The molecule has 0 amide bonds. The Bertz CT molecular complexity index is 448. The summed E-state index contributed by atoms with van der Waals surface area (Å²) in [6.07, 6.45) is 5.44. The predicted molar refractivity (Wildman–Crippen MR) is 75.1 cm³/mol. The number of carboxylic acids is 1. The molecule has 1 aliphatic carbocycles. The highest BCUT2D eigenvalue weighted by Crippen LogP contribution is 2.26. The molecule has 1 aromatic heterocycles. The van der Waals surface area contributed by atoms with Crippen molar-refractivity contribution in [1.29, 1.82) is 0 Å². The molecule has 1 saturated carbocycles. The van der Waals surface area contributed by atoms with Gasteiger partial charge >= 0.3 is 5.97 Å². The molecule has 2 heterocycles. The second kappa shape index (κ2) is 5.46. The fourth-order valence-corrected chi connectivity index (χ4v) is 3.91. The lowest BCUT2D eigenvalue weighted by Crippen LogP contribution is -2.49. The number of piperazine rings is 1. The summed E-state index contributed by atoms with van der Waals surface area (Å²) in [7, 11) is 0. The van der Waals surface area contributed by atoms with Crippen molar-refractivity contribution in [1.82, 2.24) is 9.88 Å². The standard InChI is InChI=1S/C13H19N3O2S/c17-12(18)11-9-19-13(14-11)16-7-5-15(6-8-16)10-3-1-2-4-10/h9-10H,1-8H2,(H,17,18). The maximum absolute atomic E-state index is 10.8. The van der Waals surface area contributed by atoms with E-state index >= 15 is 0 Å². The Morgan fingerprint density at radius 3 is 2.53 bits per heavy atom. The largest absolute Gasteiger partial charge is 0.476 e. The van der Waals surface area contributed by atoms with E-state index < -0.39 is 5.97 Å². The summed E-state index contributed by atoms with van der Waals surface area (Å²) in [5.74, 6) is -0.938. The van der Waals surface area contributed by atoms with Gasteiger partial charge in [0.1, 0.15) is 0 Å². The second-order valence-corrected chi connectivity index (χ2v) is 6.12. The average Bonchev–Trinajstić information content (AvgIpc) is 3.11. The first-order valence-electron chi connectivity index (χ1n) is 6.92. The number of aromatic nitrogens is 1. The van der Waals surface area contributed by atoms with Gasteiger partial charge in [-0.15, -0.1) is 11.3 Å². The molecule has 2 aliphatic rings. The highest BCUT2D eigenvalue weighted by molar-refractivity contribution is 7.13. The van der Waals surface area contributed by atoms with E-state index in [1.165, 1.54) is 37.0 Å². The molecule has 19 heavy (non-hydrogen) atoms. The van der Waals surface area contributed by atoms with Crippen molar-refractivity contribution in [3.8, 4) is 0 Å². The molecule has 6 heteroatoms. The van der Waals surface area contributed by atoms with E-state index in [4.69, 9.17) is 5.11 Å². The number of thiazole rings is 1. The number of aromatic carboxylic acids is 1. The van der Waals surface area contributed by atoms with E-state index in [-0.39, 0.29) is 5.69 Å². The van der Waals surface area contributed by atoms with Crippen LogP contribution < -0.4 is 4.90 Å². The summed E-state index contributed by atoms with van der Waals surface area (Å²) in [4.78, 5) is 19.8. The van der Waals surface area contributed by atoms with Crippen LogP contribution >= 0.6 is 11.3 Å². The van der Waals surface area contributed by atoms with E-state index in [2.05, 4.69) is 14.8 Å². The Kier molecular flexibility index (Phi) is 3.70. The minimum atomic E-state index is -0.938. The molecule has 2 fully saturated rings. The minimum Gasteiger partial charge on any atom is -0.476 e.